The standard InChI is InChI=1S/C12H17F2NO/c1-9(8-16)6-15-7-10-3-2-4-11(5-10)12(13)14/h2-5,9,12,15-16H,6-8H2,1H3. The maximum atomic E-state index is 12.4. The zero-order valence-corrected chi connectivity index (χ0v) is 9.29. The summed E-state index contributed by atoms with van der Waals surface area (Å²) in [4.78, 5) is 0. The highest BCUT2D eigenvalue weighted by Crippen LogP contribution is 2.19. The molecule has 90 valence electrons. The molecule has 1 aromatic rings. The smallest absolute Gasteiger partial charge is 0.263 e. The third-order valence-corrected chi connectivity index (χ3v) is 2.34. The van der Waals surface area contributed by atoms with Gasteiger partial charge in [0.1, 0.15) is 0 Å². The summed E-state index contributed by atoms with van der Waals surface area (Å²) in [6.45, 7) is 3.27. The van der Waals surface area contributed by atoms with Crippen LogP contribution < -0.4 is 5.32 Å². The first-order chi connectivity index (χ1) is 7.63. The van der Waals surface area contributed by atoms with E-state index in [4.69, 9.17) is 5.11 Å². The number of halogens is 2. The molecule has 1 unspecified atom stereocenters. The van der Waals surface area contributed by atoms with Gasteiger partial charge in [0.15, 0.2) is 0 Å². The highest BCUT2D eigenvalue weighted by Gasteiger charge is 2.06. The molecule has 0 aliphatic rings. The van der Waals surface area contributed by atoms with Gasteiger partial charge in [0.05, 0.1) is 0 Å². The molecule has 1 aromatic carbocycles. The summed E-state index contributed by atoms with van der Waals surface area (Å²) in [5, 5.41) is 11.9. The molecule has 0 spiro atoms. The van der Waals surface area contributed by atoms with Gasteiger partial charge in [-0.25, -0.2) is 8.78 Å². The van der Waals surface area contributed by atoms with Gasteiger partial charge in [0, 0.05) is 25.3 Å². The van der Waals surface area contributed by atoms with Crippen LogP contribution in [0.5, 0.6) is 0 Å². The van der Waals surface area contributed by atoms with Crippen LogP contribution >= 0.6 is 0 Å². The number of nitrogens with one attached hydrogen (secondary N) is 1. The molecule has 0 fully saturated rings. The topological polar surface area (TPSA) is 32.3 Å². The Labute approximate surface area is 94.3 Å². The maximum absolute atomic E-state index is 12.4. The predicted octanol–water partition coefficient (Wildman–Crippen LogP) is 2.34. The average molecular weight is 229 g/mol. The highest BCUT2D eigenvalue weighted by atomic mass is 19.3. The van der Waals surface area contributed by atoms with Gasteiger partial charge in [0.2, 0.25) is 0 Å². The highest BCUT2D eigenvalue weighted by molar-refractivity contribution is 5.24. The van der Waals surface area contributed by atoms with Crippen LogP contribution in [0, 0.1) is 5.92 Å². The van der Waals surface area contributed by atoms with Gasteiger partial charge in [-0.1, -0.05) is 25.1 Å². The van der Waals surface area contributed by atoms with E-state index >= 15 is 0 Å². The molecule has 0 heterocycles. The molecular formula is C12H17F2NO. The first kappa shape index (κ1) is 13.1. The Balaban J connectivity index is 2.45. The largest absolute Gasteiger partial charge is 0.396 e. The zero-order valence-electron chi connectivity index (χ0n) is 9.29. The Hall–Kier alpha value is -1.00. The van der Waals surface area contributed by atoms with Crippen LogP contribution in [0.4, 0.5) is 8.78 Å². The predicted molar refractivity (Wildman–Crippen MR) is 59.4 cm³/mol. The first-order valence-corrected chi connectivity index (χ1v) is 5.32. The lowest BCUT2D eigenvalue weighted by Crippen LogP contribution is -2.22. The lowest BCUT2D eigenvalue weighted by Gasteiger charge is -2.10. The van der Waals surface area contributed by atoms with E-state index < -0.39 is 6.43 Å². The number of aliphatic hydroxyl groups excluding tert-OH is 1. The Morgan fingerprint density at radius 2 is 2.12 bits per heavy atom. The molecule has 0 saturated heterocycles. The monoisotopic (exact) mass is 229 g/mol. The number of aliphatic hydroxyl groups is 1. The van der Waals surface area contributed by atoms with Crippen molar-refractivity contribution >= 4 is 0 Å². The summed E-state index contributed by atoms with van der Waals surface area (Å²) in [6, 6.07) is 6.36. The minimum absolute atomic E-state index is 0.0505. The summed E-state index contributed by atoms with van der Waals surface area (Å²) in [6.07, 6.45) is -2.42. The van der Waals surface area contributed by atoms with Crippen molar-refractivity contribution in [3.8, 4) is 0 Å². The Morgan fingerprint density at radius 3 is 2.75 bits per heavy atom. The van der Waals surface area contributed by atoms with Crippen LogP contribution in [-0.2, 0) is 6.54 Å². The van der Waals surface area contributed by atoms with Crippen LogP contribution in [0.3, 0.4) is 0 Å². The molecule has 0 amide bonds. The molecule has 16 heavy (non-hydrogen) atoms. The quantitative estimate of drug-likeness (QED) is 0.784. The number of hydrogen-bond acceptors (Lipinski definition) is 2. The van der Waals surface area contributed by atoms with Gasteiger partial charge in [-0.15, -0.1) is 0 Å². The number of rotatable bonds is 6. The molecule has 4 heteroatoms. The van der Waals surface area contributed by atoms with Crippen molar-refractivity contribution in [2.24, 2.45) is 5.92 Å². The van der Waals surface area contributed by atoms with Crippen LogP contribution in [-0.4, -0.2) is 18.3 Å². The number of hydrogen-bond donors (Lipinski definition) is 2. The normalized spacial score (nSPS) is 13.1. The van der Waals surface area contributed by atoms with Crippen LogP contribution in [0.2, 0.25) is 0 Å². The minimum atomic E-state index is -2.42. The van der Waals surface area contributed by atoms with E-state index in [0.29, 0.717) is 13.1 Å². The van der Waals surface area contributed by atoms with E-state index in [1.165, 1.54) is 12.1 Å². The Kier molecular flexibility index (Phi) is 5.35. The van der Waals surface area contributed by atoms with Gasteiger partial charge < -0.3 is 10.4 Å². The lowest BCUT2D eigenvalue weighted by atomic mass is 10.1. The summed E-state index contributed by atoms with van der Waals surface area (Å²) >= 11 is 0. The Bertz CT molecular complexity index is 318. The summed E-state index contributed by atoms with van der Waals surface area (Å²) in [5.74, 6) is 0.179. The van der Waals surface area contributed by atoms with Crippen molar-refractivity contribution in [3.05, 3.63) is 35.4 Å². The fourth-order valence-corrected chi connectivity index (χ4v) is 1.37. The van der Waals surface area contributed by atoms with Crippen molar-refractivity contribution in [2.75, 3.05) is 13.2 Å². The van der Waals surface area contributed by atoms with E-state index in [9.17, 15) is 8.78 Å². The van der Waals surface area contributed by atoms with Crippen LogP contribution in [0.15, 0.2) is 24.3 Å². The van der Waals surface area contributed by atoms with Gasteiger partial charge in [-0.05, 0) is 17.5 Å². The SMILES string of the molecule is CC(CO)CNCc1cccc(C(F)F)c1. The van der Waals surface area contributed by atoms with Crippen LogP contribution in [0.1, 0.15) is 24.5 Å². The second kappa shape index (κ2) is 6.55. The summed E-state index contributed by atoms with van der Waals surface area (Å²) < 4.78 is 24.8. The van der Waals surface area contributed by atoms with Crippen molar-refractivity contribution in [2.45, 2.75) is 19.9 Å². The van der Waals surface area contributed by atoms with E-state index in [-0.39, 0.29) is 18.1 Å². The average Bonchev–Trinajstić information content (AvgIpc) is 2.29. The van der Waals surface area contributed by atoms with E-state index in [1.54, 1.807) is 6.07 Å². The van der Waals surface area contributed by atoms with Crippen LogP contribution in [0.25, 0.3) is 0 Å². The Morgan fingerprint density at radius 1 is 1.38 bits per heavy atom. The molecule has 0 aromatic heterocycles. The summed E-state index contributed by atoms with van der Waals surface area (Å²) in [7, 11) is 0. The van der Waals surface area contributed by atoms with Crippen molar-refractivity contribution in [3.63, 3.8) is 0 Å². The molecule has 2 nitrogen and oxygen atoms in total. The second-order valence-corrected chi connectivity index (χ2v) is 3.96. The fraction of sp³-hybridized carbons (Fsp3) is 0.500. The first-order valence-electron chi connectivity index (χ1n) is 5.32. The van der Waals surface area contributed by atoms with Gasteiger partial charge in [0.25, 0.3) is 6.43 Å². The molecule has 2 N–H and O–H groups in total. The van der Waals surface area contributed by atoms with Crippen molar-refractivity contribution in [1.29, 1.82) is 0 Å². The molecule has 0 radical (unpaired) electrons. The maximum Gasteiger partial charge on any atom is 0.263 e. The number of benzene rings is 1. The van der Waals surface area contributed by atoms with Gasteiger partial charge in [-0.3, -0.25) is 0 Å². The molecule has 0 aliphatic heterocycles. The molecule has 0 saturated carbocycles. The third kappa shape index (κ3) is 4.24. The minimum Gasteiger partial charge on any atom is -0.396 e. The third-order valence-electron chi connectivity index (χ3n) is 2.34. The van der Waals surface area contributed by atoms with E-state index in [2.05, 4.69) is 5.32 Å². The van der Waals surface area contributed by atoms with Gasteiger partial charge in [-0.2, -0.15) is 0 Å². The molecule has 0 bridgehead atoms. The summed E-state index contributed by atoms with van der Waals surface area (Å²) in [5.41, 5.74) is 0.887. The molecule has 1 rings (SSSR count). The van der Waals surface area contributed by atoms with Crippen molar-refractivity contribution in [1.82, 2.24) is 5.32 Å². The molecule has 0 aliphatic carbocycles. The van der Waals surface area contributed by atoms with E-state index in [0.717, 1.165) is 5.56 Å². The lowest BCUT2D eigenvalue weighted by molar-refractivity contribution is 0.151. The van der Waals surface area contributed by atoms with E-state index in [1.807, 2.05) is 13.0 Å². The van der Waals surface area contributed by atoms with Crippen molar-refractivity contribution < 1.29 is 13.9 Å². The second-order valence-electron chi connectivity index (χ2n) is 3.96. The van der Waals surface area contributed by atoms with Gasteiger partial charge >= 0.3 is 0 Å². The number of alkyl halides is 2. The fourth-order valence-electron chi connectivity index (χ4n) is 1.37. The zero-order chi connectivity index (χ0) is 12.0. The molecular weight excluding hydrogens is 212 g/mol. The molecule has 1 atom stereocenters.